The number of ether oxygens (including phenoxy) is 1. The van der Waals surface area contributed by atoms with Crippen LogP contribution >= 0.6 is 11.6 Å². The zero-order valence-corrected chi connectivity index (χ0v) is 11.0. The molecular formula is C14H18ClNO2. The molecule has 1 aromatic carbocycles. The Kier molecular flexibility index (Phi) is 5.02. The highest BCUT2D eigenvalue weighted by atomic mass is 35.5. The van der Waals surface area contributed by atoms with E-state index in [0.717, 1.165) is 31.6 Å². The topological polar surface area (TPSA) is 38.3 Å². The summed E-state index contributed by atoms with van der Waals surface area (Å²) in [5.74, 6) is 0.400. The number of alkyl halides is 1. The van der Waals surface area contributed by atoms with Gasteiger partial charge in [0.1, 0.15) is 5.38 Å². The third kappa shape index (κ3) is 3.72. The molecule has 0 radical (unpaired) electrons. The van der Waals surface area contributed by atoms with Crippen molar-refractivity contribution in [1.82, 2.24) is 5.32 Å². The van der Waals surface area contributed by atoms with E-state index in [9.17, 15) is 4.79 Å². The number of carbonyl (C=O) groups is 1. The lowest BCUT2D eigenvalue weighted by molar-refractivity contribution is -0.121. The van der Waals surface area contributed by atoms with Crippen LogP contribution in [0.15, 0.2) is 30.3 Å². The molecule has 1 heterocycles. The van der Waals surface area contributed by atoms with Crippen LogP contribution in [0.2, 0.25) is 0 Å². The van der Waals surface area contributed by atoms with Crippen molar-refractivity contribution in [3.05, 3.63) is 35.9 Å². The van der Waals surface area contributed by atoms with Crippen molar-refractivity contribution in [2.45, 2.75) is 18.2 Å². The molecule has 1 atom stereocenters. The van der Waals surface area contributed by atoms with Crippen LogP contribution in [0.25, 0.3) is 0 Å². The van der Waals surface area contributed by atoms with Gasteiger partial charge in [-0.15, -0.1) is 11.6 Å². The number of rotatable bonds is 4. The van der Waals surface area contributed by atoms with Gasteiger partial charge in [-0.25, -0.2) is 0 Å². The standard InChI is InChI=1S/C14H18ClNO2/c15-13(12-4-2-1-3-5-12)14(17)16-10-11-6-8-18-9-7-11/h1-5,11,13H,6-10H2,(H,16,17). The molecule has 0 bridgehead atoms. The van der Waals surface area contributed by atoms with Gasteiger partial charge in [-0.3, -0.25) is 4.79 Å². The van der Waals surface area contributed by atoms with Gasteiger partial charge in [-0.2, -0.15) is 0 Å². The van der Waals surface area contributed by atoms with Crippen molar-refractivity contribution < 1.29 is 9.53 Å². The normalized spacial score (nSPS) is 18.3. The summed E-state index contributed by atoms with van der Waals surface area (Å²) >= 11 is 6.14. The zero-order chi connectivity index (χ0) is 12.8. The minimum atomic E-state index is -0.606. The quantitative estimate of drug-likeness (QED) is 0.852. The molecule has 4 heteroatoms. The Morgan fingerprint density at radius 3 is 2.67 bits per heavy atom. The number of hydrogen-bond donors (Lipinski definition) is 1. The second kappa shape index (κ2) is 6.76. The van der Waals surface area contributed by atoms with Gasteiger partial charge in [0.2, 0.25) is 5.91 Å². The number of carbonyl (C=O) groups excluding carboxylic acids is 1. The predicted molar refractivity (Wildman–Crippen MR) is 71.6 cm³/mol. The summed E-state index contributed by atoms with van der Waals surface area (Å²) in [6, 6.07) is 9.41. The fourth-order valence-electron chi connectivity index (χ4n) is 2.06. The smallest absolute Gasteiger partial charge is 0.242 e. The summed E-state index contributed by atoms with van der Waals surface area (Å²) in [7, 11) is 0. The van der Waals surface area contributed by atoms with Crippen LogP contribution < -0.4 is 5.32 Å². The Morgan fingerprint density at radius 2 is 2.00 bits per heavy atom. The van der Waals surface area contributed by atoms with E-state index in [1.165, 1.54) is 0 Å². The van der Waals surface area contributed by atoms with Crippen molar-refractivity contribution in [1.29, 1.82) is 0 Å². The fraction of sp³-hybridized carbons (Fsp3) is 0.500. The molecule has 0 aromatic heterocycles. The highest BCUT2D eigenvalue weighted by Crippen LogP contribution is 2.20. The van der Waals surface area contributed by atoms with Gasteiger partial charge in [0.25, 0.3) is 0 Å². The molecule has 1 N–H and O–H groups in total. The van der Waals surface area contributed by atoms with Crippen LogP contribution in [0.4, 0.5) is 0 Å². The first kappa shape index (κ1) is 13.4. The van der Waals surface area contributed by atoms with E-state index in [4.69, 9.17) is 16.3 Å². The minimum Gasteiger partial charge on any atom is -0.381 e. The van der Waals surface area contributed by atoms with E-state index in [0.29, 0.717) is 12.5 Å². The van der Waals surface area contributed by atoms with Gasteiger partial charge in [0, 0.05) is 19.8 Å². The van der Waals surface area contributed by atoms with E-state index in [-0.39, 0.29) is 5.91 Å². The molecule has 0 aliphatic carbocycles. The number of amides is 1. The van der Waals surface area contributed by atoms with Gasteiger partial charge < -0.3 is 10.1 Å². The van der Waals surface area contributed by atoms with Gasteiger partial charge >= 0.3 is 0 Å². The number of hydrogen-bond acceptors (Lipinski definition) is 2. The maximum absolute atomic E-state index is 11.9. The molecule has 1 fully saturated rings. The molecule has 0 saturated carbocycles. The van der Waals surface area contributed by atoms with Gasteiger partial charge in [0.15, 0.2) is 0 Å². The van der Waals surface area contributed by atoms with Crippen molar-refractivity contribution in [2.75, 3.05) is 19.8 Å². The summed E-state index contributed by atoms with van der Waals surface area (Å²) in [5, 5.41) is 2.32. The van der Waals surface area contributed by atoms with Crippen LogP contribution in [-0.4, -0.2) is 25.7 Å². The van der Waals surface area contributed by atoms with Crippen molar-refractivity contribution in [2.24, 2.45) is 5.92 Å². The Morgan fingerprint density at radius 1 is 1.33 bits per heavy atom. The predicted octanol–water partition coefficient (Wildman–Crippen LogP) is 2.51. The third-order valence-electron chi connectivity index (χ3n) is 3.23. The first-order valence-corrected chi connectivity index (χ1v) is 6.75. The second-order valence-corrected chi connectivity index (χ2v) is 5.01. The minimum absolute atomic E-state index is 0.116. The van der Waals surface area contributed by atoms with Crippen molar-refractivity contribution in [3.8, 4) is 0 Å². The van der Waals surface area contributed by atoms with E-state index in [1.54, 1.807) is 0 Å². The zero-order valence-electron chi connectivity index (χ0n) is 10.3. The Bertz CT molecular complexity index is 377. The molecule has 1 aliphatic rings. The average molecular weight is 268 g/mol. The lowest BCUT2D eigenvalue weighted by Crippen LogP contribution is -2.34. The molecule has 18 heavy (non-hydrogen) atoms. The molecule has 1 aliphatic heterocycles. The van der Waals surface area contributed by atoms with Crippen molar-refractivity contribution in [3.63, 3.8) is 0 Å². The van der Waals surface area contributed by atoms with Crippen LogP contribution in [0, 0.1) is 5.92 Å². The molecular weight excluding hydrogens is 250 g/mol. The summed E-state index contributed by atoms with van der Waals surface area (Å²) in [4.78, 5) is 11.9. The SMILES string of the molecule is O=C(NCC1CCOCC1)C(Cl)c1ccccc1. The van der Waals surface area contributed by atoms with E-state index >= 15 is 0 Å². The number of nitrogens with one attached hydrogen (secondary N) is 1. The monoisotopic (exact) mass is 267 g/mol. The molecule has 2 rings (SSSR count). The summed E-state index contributed by atoms with van der Waals surface area (Å²) in [6.07, 6.45) is 2.02. The maximum Gasteiger partial charge on any atom is 0.242 e. The van der Waals surface area contributed by atoms with Gasteiger partial charge in [-0.05, 0) is 24.3 Å². The van der Waals surface area contributed by atoms with E-state index < -0.39 is 5.38 Å². The molecule has 0 spiro atoms. The third-order valence-corrected chi connectivity index (χ3v) is 3.68. The Balaban J connectivity index is 1.80. The first-order valence-electron chi connectivity index (χ1n) is 6.32. The van der Waals surface area contributed by atoms with Gasteiger partial charge in [0.05, 0.1) is 0 Å². The first-order chi connectivity index (χ1) is 8.77. The molecule has 1 amide bonds. The molecule has 1 aromatic rings. The van der Waals surface area contributed by atoms with Crippen LogP contribution in [0.1, 0.15) is 23.8 Å². The molecule has 98 valence electrons. The molecule has 1 unspecified atom stereocenters. The van der Waals surface area contributed by atoms with Gasteiger partial charge in [-0.1, -0.05) is 30.3 Å². The number of benzene rings is 1. The summed E-state index contributed by atoms with van der Waals surface area (Å²) < 4.78 is 5.28. The highest BCUT2D eigenvalue weighted by molar-refractivity contribution is 6.30. The summed E-state index contributed by atoms with van der Waals surface area (Å²) in [5.41, 5.74) is 0.837. The molecule has 3 nitrogen and oxygen atoms in total. The largest absolute Gasteiger partial charge is 0.381 e. The highest BCUT2D eigenvalue weighted by Gasteiger charge is 2.19. The molecule has 1 saturated heterocycles. The lowest BCUT2D eigenvalue weighted by Gasteiger charge is -2.22. The lowest BCUT2D eigenvalue weighted by atomic mass is 10.0. The van der Waals surface area contributed by atoms with Crippen molar-refractivity contribution >= 4 is 17.5 Å². The van der Waals surface area contributed by atoms with Crippen LogP contribution in [0.5, 0.6) is 0 Å². The van der Waals surface area contributed by atoms with Crippen LogP contribution in [0.3, 0.4) is 0 Å². The second-order valence-electron chi connectivity index (χ2n) is 4.57. The number of halogens is 1. The Hall–Kier alpha value is -1.06. The summed E-state index contributed by atoms with van der Waals surface area (Å²) in [6.45, 7) is 2.28. The van der Waals surface area contributed by atoms with E-state index in [1.807, 2.05) is 30.3 Å². The fourth-order valence-corrected chi connectivity index (χ4v) is 2.28. The maximum atomic E-state index is 11.9. The van der Waals surface area contributed by atoms with E-state index in [2.05, 4.69) is 5.32 Å². The van der Waals surface area contributed by atoms with Crippen LogP contribution in [-0.2, 0) is 9.53 Å². The Labute approximate surface area is 112 Å². The average Bonchev–Trinajstić information content (AvgIpc) is 2.46.